The maximum Gasteiger partial charge on any atom is 0.221 e. The zero-order valence-corrected chi connectivity index (χ0v) is 12.2. The molecule has 2 aromatic carbocycles. The number of rotatable bonds is 2. The number of aryl methyl sites for hydroxylation is 1. The molecule has 0 atom stereocenters. The Hall–Kier alpha value is -2.68. The van der Waals surface area contributed by atoms with Gasteiger partial charge in [-0.25, -0.2) is 9.97 Å². The SMILES string of the molecule is Cc1ccc(-c2nc(N)nc(-c3ccccc3)c2C)cc1. The first-order valence-corrected chi connectivity index (χ1v) is 6.92. The van der Waals surface area contributed by atoms with Crippen LogP contribution in [0.15, 0.2) is 54.6 Å². The van der Waals surface area contributed by atoms with Crippen LogP contribution in [0.3, 0.4) is 0 Å². The molecule has 0 amide bonds. The molecule has 2 N–H and O–H groups in total. The molecule has 0 unspecified atom stereocenters. The van der Waals surface area contributed by atoms with E-state index >= 15 is 0 Å². The predicted molar refractivity (Wildman–Crippen MR) is 86.8 cm³/mol. The maximum atomic E-state index is 5.91. The number of hydrogen-bond donors (Lipinski definition) is 1. The highest BCUT2D eigenvalue weighted by atomic mass is 15.0. The standard InChI is InChI=1S/C18H17N3/c1-12-8-10-15(11-9-12)17-13(2)16(20-18(19)21-17)14-6-4-3-5-7-14/h3-11H,1-2H3,(H2,19,20,21). The highest BCUT2D eigenvalue weighted by Gasteiger charge is 2.12. The molecule has 3 nitrogen and oxygen atoms in total. The first-order chi connectivity index (χ1) is 10.1. The fourth-order valence-corrected chi connectivity index (χ4v) is 2.40. The Bertz CT molecular complexity index is 762. The van der Waals surface area contributed by atoms with Gasteiger partial charge in [-0.3, -0.25) is 0 Å². The lowest BCUT2D eigenvalue weighted by atomic mass is 10.0. The van der Waals surface area contributed by atoms with Crippen molar-refractivity contribution in [1.29, 1.82) is 0 Å². The molecule has 3 aromatic rings. The van der Waals surface area contributed by atoms with E-state index in [1.54, 1.807) is 0 Å². The zero-order valence-electron chi connectivity index (χ0n) is 12.2. The molecule has 1 aromatic heterocycles. The third-order valence-electron chi connectivity index (χ3n) is 3.54. The van der Waals surface area contributed by atoms with Crippen molar-refractivity contribution in [2.45, 2.75) is 13.8 Å². The summed E-state index contributed by atoms with van der Waals surface area (Å²) in [4.78, 5) is 8.84. The van der Waals surface area contributed by atoms with E-state index in [-0.39, 0.29) is 0 Å². The van der Waals surface area contributed by atoms with E-state index < -0.39 is 0 Å². The number of anilines is 1. The van der Waals surface area contributed by atoms with Crippen molar-refractivity contribution in [2.75, 3.05) is 5.73 Å². The molecule has 3 heteroatoms. The third kappa shape index (κ3) is 2.63. The summed E-state index contributed by atoms with van der Waals surface area (Å²) in [5, 5.41) is 0. The smallest absolute Gasteiger partial charge is 0.221 e. The summed E-state index contributed by atoms with van der Waals surface area (Å²) in [5.41, 5.74) is 12.1. The Morgan fingerprint density at radius 2 is 1.24 bits per heavy atom. The lowest BCUT2D eigenvalue weighted by molar-refractivity contribution is 1.15. The minimum Gasteiger partial charge on any atom is -0.368 e. The molecule has 1 heterocycles. The van der Waals surface area contributed by atoms with Crippen LogP contribution in [-0.4, -0.2) is 9.97 Å². The van der Waals surface area contributed by atoms with Crippen LogP contribution < -0.4 is 5.73 Å². The number of aromatic nitrogens is 2. The van der Waals surface area contributed by atoms with E-state index in [9.17, 15) is 0 Å². The second-order valence-corrected chi connectivity index (χ2v) is 5.14. The number of nitrogens with two attached hydrogens (primary N) is 1. The second-order valence-electron chi connectivity index (χ2n) is 5.14. The molecule has 0 aliphatic heterocycles. The van der Waals surface area contributed by atoms with Crippen LogP contribution in [0.25, 0.3) is 22.5 Å². The van der Waals surface area contributed by atoms with Gasteiger partial charge in [-0.15, -0.1) is 0 Å². The fourth-order valence-electron chi connectivity index (χ4n) is 2.40. The highest BCUT2D eigenvalue weighted by Crippen LogP contribution is 2.29. The Morgan fingerprint density at radius 1 is 0.714 bits per heavy atom. The first-order valence-electron chi connectivity index (χ1n) is 6.92. The van der Waals surface area contributed by atoms with Crippen LogP contribution in [0.1, 0.15) is 11.1 Å². The van der Waals surface area contributed by atoms with Crippen LogP contribution in [0.4, 0.5) is 5.95 Å². The Morgan fingerprint density at radius 3 is 1.81 bits per heavy atom. The van der Waals surface area contributed by atoms with Gasteiger partial charge in [0.15, 0.2) is 0 Å². The summed E-state index contributed by atoms with van der Waals surface area (Å²) in [5.74, 6) is 0.301. The number of nitrogen functional groups attached to an aromatic ring is 1. The van der Waals surface area contributed by atoms with Crippen LogP contribution in [0, 0.1) is 13.8 Å². The Balaban J connectivity index is 2.19. The van der Waals surface area contributed by atoms with Crippen LogP contribution in [0.2, 0.25) is 0 Å². The van der Waals surface area contributed by atoms with Crippen molar-refractivity contribution in [3.05, 3.63) is 65.7 Å². The third-order valence-corrected chi connectivity index (χ3v) is 3.54. The average Bonchev–Trinajstić information content (AvgIpc) is 2.51. The highest BCUT2D eigenvalue weighted by molar-refractivity contribution is 5.74. The molecule has 0 radical (unpaired) electrons. The van der Waals surface area contributed by atoms with E-state index in [1.807, 2.05) is 37.3 Å². The molecular formula is C18H17N3. The quantitative estimate of drug-likeness (QED) is 0.768. The lowest BCUT2D eigenvalue weighted by Crippen LogP contribution is -2.02. The summed E-state index contributed by atoms with van der Waals surface area (Å²) in [6.07, 6.45) is 0. The van der Waals surface area contributed by atoms with Crippen molar-refractivity contribution < 1.29 is 0 Å². The van der Waals surface area contributed by atoms with Gasteiger partial charge in [-0.1, -0.05) is 60.2 Å². The van der Waals surface area contributed by atoms with Gasteiger partial charge in [0.25, 0.3) is 0 Å². The van der Waals surface area contributed by atoms with Gasteiger partial charge in [0, 0.05) is 16.7 Å². The zero-order chi connectivity index (χ0) is 14.8. The largest absolute Gasteiger partial charge is 0.368 e. The lowest BCUT2D eigenvalue weighted by Gasteiger charge is -2.11. The second kappa shape index (κ2) is 5.37. The van der Waals surface area contributed by atoms with Crippen LogP contribution in [0.5, 0.6) is 0 Å². The van der Waals surface area contributed by atoms with Gasteiger partial charge in [0.05, 0.1) is 11.4 Å². The van der Waals surface area contributed by atoms with Crippen molar-refractivity contribution in [1.82, 2.24) is 9.97 Å². The molecule has 3 rings (SSSR count). The van der Waals surface area contributed by atoms with Crippen molar-refractivity contribution in [2.24, 2.45) is 0 Å². The van der Waals surface area contributed by atoms with E-state index in [2.05, 4.69) is 41.2 Å². The predicted octanol–water partition coefficient (Wildman–Crippen LogP) is 4.01. The molecule has 0 aliphatic carbocycles. The summed E-state index contributed by atoms with van der Waals surface area (Å²) in [6, 6.07) is 18.4. The Labute approximate surface area is 124 Å². The van der Waals surface area contributed by atoms with E-state index in [1.165, 1.54) is 5.56 Å². The van der Waals surface area contributed by atoms with Gasteiger partial charge < -0.3 is 5.73 Å². The van der Waals surface area contributed by atoms with E-state index in [0.29, 0.717) is 5.95 Å². The normalized spacial score (nSPS) is 10.6. The molecule has 0 saturated heterocycles. The minimum absolute atomic E-state index is 0.301. The average molecular weight is 275 g/mol. The first kappa shape index (κ1) is 13.3. The molecule has 0 bridgehead atoms. The van der Waals surface area contributed by atoms with Gasteiger partial charge in [0.2, 0.25) is 5.95 Å². The van der Waals surface area contributed by atoms with Crippen LogP contribution >= 0.6 is 0 Å². The van der Waals surface area contributed by atoms with Gasteiger partial charge in [-0.2, -0.15) is 0 Å². The van der Waals surface area contributed by atoms with Gasteiger partial charge >= 0.3 is 0 Å². The van der Waals surface area contributed by atoms with Crippen LogP contribution in [-0.2, 0) is 0 Å². The summed E-state index contributed by atoms with van der Waals surface area (Å²) < 4.78 is 0. The van der Waals surface area contributed by atoms with E-state index in [0.717, 1.165) is 28.1 Å². The summed E-state index contributed by atoms with van der Waals surface area (Å²) in [6.45, 7) is 4.11. The van der Waals surface area contributed by atoms with Crippen molar-refractivity contribution in [3.63, 3.8) is 0 Å². The molecule has 0 aliphatic rings. The van der Waals surface area contributed by atoms with Gasteiger partial charge in [-0.05, 0) is 13.8 Å². The van der Waals surface area contributed by atoms with Crippen molar-refractivity contribution >= 4 is 5.95 Å². The maximum absolute atomic E-state index is 5.91. The molecule has 0 saturated carbocycles. The molecule has 104 valence electrons. The summed E-state index contributed by atoms with van der Waals surface area (Å²) in [7, 11) is 0. The Kier molecular flexibility index (Phi) is 3.40. The molecule has 0 fully saturated rings. The van der Waals surface area contributed by atoms with Gasteiger partial charge in [0.1, 0.15) is 0 Å². The minimum atomic E-state index is 0.301. The topological polar surface area (TPSA) is 51.8 Å². The van der Waals surface area contributed by atoms with E-state index in [4.69, 9.17) is 5.73 Å². The molecule has 0 spiro atoms. The number of benzene rings is 2. The molecular weight excluding hydrogens is 258 g/mol. The number of nitrogens with zero attached hydrogens (tertiary/aromatic N) is 2. The van der Waals surface area contributed by atoms with Crippen molar-refractivity contribution in [3.8, 4) is 22.5 Å². The number of hydrogen-bond acceptors (Lipinski definition) is 3. The summed E-state index contributed by atoms with van der Waals surface area (Å²) >= 11 is 0. The monoisotopic (exact) mass is 275 g/mol. The molecule has 21 heavy (non-hydrogen) atoms. The fraction of sp³-hybridized carbons (Fsp3) is 0.111.